The molecule has 1 aliphatic rings. The van der Waals surface area contributed by atoms with Crippen LogP contribution in [0.1, 0.15) is 10.4 Å². The van der Waals surface area contributed by atoms with Gasteiger partial charge in [-0.25, -0.2) is 9.79 Å². The number of aliphatic imine (C=N–C) groups is 1. The van der Waals surface area contributed by atoms with Crippen molar-refractivity contribution in [2.24, 2.45) is 4.99 Å². The Morgan fingerprint density at radius 3 is 2.60 bits per heavy atom. The Bertz CT molecular complexity index is 785. The van der Waals surface area contributed by atoms with Crippen LogP contribution in [-0.4, -0.2) is 30.2 Å². The number of hydrogen-bond acceptors (Lipinski definition) is 6. The van der Waals surface area contributed by atoms with Crippen LogP contribution in [0.4, 0.5) is 5.69 Å². The topological polar surface area (TPSA) is 53.9 Å². The van der Waals surface area contributed by atoms with Crippen LogP contribution in [0, 0.1) is 11.8 Å². The van der Waals surface area contributed by atoms with Gasteiger partial charge in [0.15, 0.2) is 12.1 Å². The van der Waals surface area contributed by atoms with Crippen LogP contribution in [0.3, 0.4) is 0 Å². The maximum atomic E-state index is 11.8. The second kappa shape index (κ2) is 8.81. The molecule has 0 aromatic heterocycles. The number of rotatable bonds is 5. The number of ether oxygens (including phenoxy) is 1. The number of para-hydroxylation sites is 1. The number of benzene rings is 2. The monoisotopic (exact) mass is 351 g/mol. The first-order valence-corrected chi connectivity index (χ1v) is 8.81. The third kappa shape index (κ3) is 4.78. The van der Waals surface area contributed by atoms with Crippen molar-refractivity contribution in [3.63, 3.8) is 0 Å². The first-order chi connectivity index (χ1) is 12.3. The van der Waals surface area contributed by atoms with Gasteiger partial charge in [-0.05, 0) is 24.3 Å². The van der Waals surface area contributed by atoms with Crippen LogP contribution in [0.25, 0.3) is 0 Å². The van der Waals surface area contributed by atoms with Crippen LogP contribution in [0.15, 0.2) is 65.7 Å². The van der Waals surface area contributed by atoms with Crippen molar-refractivity contribution < 1.29 is 9.53 Å². The maximum Gasteiger partial charge on any atom is 0.339 e. The van der Waals surface area contributed by atoms with E-state index in [4.69, 9.17) is 4.74 Å². The molecule has 1 aliphatic heterocycles. The van der Waals surface area contributed by atoms with Gasteiger partial charge in [0.2, 0.25) is 0 Å². The zero-order valence-electron chi connectivity index (χ0n) is 13.5. The second-order valence-corrected chi connectivity index (χ2v) is 6.09. The van der Waals surface area contributed by atoms with Crippen LogP contribution in [0.5, 0.6) is 0 Å². The summed E-state index contributed by atoms with van der Waals surface area (Å²) in [5.41, 5.74) is 4.62. The summed E-state index contributed by atoms with van der Waals surface area (Å²) in [4.78, 5) is 16.1. The van der Waals surface area contributed by atoms with E-state index in [0.29, 0.717) is 11.3 Å². The molecule has 0 saturated carbocycles. The van der Waals surface area contributed by atoms with Gasteiger partial charge < -0.3 is 4.74 Å². The van der Waals surface area contributed by atoms with Crippen LogP contribution in [0.2, 0.25) is 0 Å². The summed E-state index contributed by atoms with van der Waals surface area (Å²) >= 11 is 1.59. The van der Waals surface area contributed by atoms with Gasteiger partial charge in [-0.3, -0.25) is 10.4 Å². The number of carbonyl (C=O) groups is 1. The van der Waals surface area contributed by atoms with Gasteiger partial charge in [0.25, 0.3) is 0 Å². The van der Waals surface area contributed by atoms with Crippen molar-refractivity contribution in [3.8, 4) is 11.8 Å². The maximum absolute atomic E-state index is 11.8. The molecule has 1 unspecified atom stereocenters. The number of nitrogens with one attached hydrogen (secondary N) is 1. The molecule has 1 heterocycles. The van der Waals surface area contributed by atoms with E-state index >= 15 is 0 Å². The van der Waals surface area contributed by atoms with Crippen LogP contribution >= 0.6 is 11.8 Å². The highest BCUT2D eigenvalue weighted by Crippen LogP contribution is 2.24. The van der Waals surface area contributed by atoms with Gasteiger partial charge in [0, 0.05) is 0 Å². The van der Waals surface area contributed by atoms with E-state index in [9.17, 15) is 4.79 Å². The molecule has 0 aliphatic carbocycles. The Hall–Kier alpha value is -2.91. The molecule has 0 fully saturated rings. The Morgan fingerprint density at radius 1 is 1.12 bits per heavy atom. The summed E-state index contributed by atoms with van der Waals surface area (Å²) in [6.07, 6.45) is 1.68. The van der Waals surface area contributed by atoms with E-state index in [1.165, 1.54) is 0 Å². The lowest BCUT2D eigenvalue weighted by Gasteiger charge is -2.23. The van der Waals surface area contributed by atoms with Gasteiger partial charge in [-0.15, -0.1) is 0 Å². The average molecular weight is 351 g/mol. The van der Waals surface area contributed by atoms with Crippen molar-refractivity contribution >= 4 is 29.8 Å². The van der Waals surface area contributed by atoms with Crippen molar-refractivity contribution in [1.29, 1.82) is 0 Å². The zero-order valence-corrected chi connectivity index (χ0v) is 14.3. The number of nitrogens with zero attached hydrogens (tertiary/aromatic N) is 2. The van der Waals surface area contributed by atoms with Gasteiger partial charge in [0.1, 0.15) is 6.34 Å². The highest BCUT2D eigenvalue weighted by atomic mass is 32.2. The van der Waals surface area contributed by atoms with E-state index in [0.717, 1.165) is 5.69 Å². The molecular formula is C19H17N3O2S. The lowest BCUT2D eigenvalue weighted by molar-refractivity contribution is 0.0556. The van der Waals surface area contributed by atoms with Crippen LogP contribution in [-0.2, 0) is 4.74 Å². The van der Waals surface area contributed by atoms with E-state index in [1.54, 1.807) is 42.4 Å². The van der Waals surface area contributed by atoms with E-state index in [2.05, 4.69) is 22.3 Å². The number of hydrogen-bond donors (Lipinski definition) is 1. The van der Waals surface area contributed by atoms with E-state index < -0.39 is 0 Å². The number of anilines is 1. The van der Waals surface area contributed by atoms with Gasteiger partial charge >= 0.3 is 5.97 Å². The summed E-state index contributed by atoms with van der Waals surface area (Å²) in [6, 6.07) is 18.9. The summed E-state index contributed by atoms with van der Waals surface area (Å²) in [5, 5.41) is 1.97. The third-order valence-electron chi connectivity index (χ3n) is 3.37. The number of esters is 1. The predicted molar refractivity (Wildman–Crippen MR) is 101 cm³/mol. The van der Waals surface area contributed by atoms with Crippen molar-refractivity contribution in [3.05, 3.63) is 66.2 Å². The highest BCUT2D eigenvalue weighted by Gasteiger charge is 2.20. The van der Waals surface area contributed by atoms with Crippen molar-refractivity contribution in [2.45, 2.75) is 5.50 Å². The molecule has 0 spiro atoms. The van der Waals surface area contributed by atoms with E-state index in [1.807, 2.05) is 41.4 Å². The molecule has 0 amide bonds. The van der Waals surface area contributed by atoms with Crippen molar-refractivity contribution in [2.75, 3.05) is 17.4 Å². The quantitative estimate of drug-likeness (QED) is 0.663. The summed E-state index contributed by atoms with van der Waals surface area (Å²) in [6.45, 7) is 0.0862. The molecule has 3 rings (SSSR count). The SMILES string of the molecule is O=C(OCC#CCSC1N=CNN1c1ccccc1)c1ccccc1. The normalized spacial score (nSPS) is 15.2. The highest BCUT2D eigenvalue weighted by molar-refractivity contribution is 8.00. The molecule has 1 N–H and O–H groups in total. The number of hydrazine groups is 1. The predicted octanol–water partition coefficient (Wildman–Crippen LogP) is 2.92. The third-order valence-corrected chi connectivity index (χ3v) is 4.31. The molecule has 1 atom stereocenters. The molecule has 6 heteroatoms. The molecule has 0 bridgehead atoms. The fourth-order valence-corrected chi connectivity index (χ4v) is 2.99. The lowest BCUT2D eigenvalue weighted by atomic mass is 10.2. The minimum atomic E-state index is -0.359. The molecule has 25 heavy (non-hydrogen) atoms. The minimum absolute atomic E-state index is 0.0661. The fourth-order valence-electron chi connectivity index (χ4n) is 2.18. The smallest absolute Gasteiger partial charge is 0.339 e. The largest absolute Gasteiger partial charge is 0.449 e. The lowest BCUT2D eigenvalue weighted by Crippen LogP contribution is -2.37. The standard InChI is InChI=1S/C19H17N3O2S/c23-18(16-9-3-1-4-10-16)24-13-7-8-14-25-19-20-15-21-22(19)17-11-5-2-6-12-17/h1-6,9-12,15,19H,13-14H2,(H,20,21). The summed E-state index contributed by atoms with van der Waals surface area (Å²) in [7, 11) is 0. The number of thioether (sulfide) groups is 1. The molecule has 126 valence electrons. The Kier molecular flexibility index (Phi) is 5.96. The summed E-state index contributed by atoms with van der Waals surface area (Å²) < 4.78 is 5.12. The molecule has 2 aromatic carbocycles. The fraction of sp³-hybridized carbons (Fsp3) is 0.158. The van der Waals surface area contributed by atoms with Gasteiger partial charge in [0.05, 0.1) is 17.0 Å². The molecule has 2 aromatic rings. The number of carbonyl (C=O) groups excluding carboxylic acids is 1. The summed E-state index contributed by atoms with van der Waals surface area (Å²) in [5.74, 6) is 6.09. The first-order valence-electron chi connectivity index (χ1n) is 7.76. The Morgan fingerprint density at radius 2 is 1.84 bits per heavy atom. The zero-order chi connectivity index (χ0) is 17.3. The molecule has 0 saturated heterocycles. The van der Waals surface area contributed by atoms with Crippen LogP contribution < -0.4 is 10.4 Å². The minimum Gasteiger partial charge on any atom is -0.449 e. The molecular weight excluding hydrogens is 334 g/mol. The second-order valence-electron chi connectivity index (χ2n) is 5.05. The molecule has 0 radical (unpaired) electrons. The average Bonchev–Trinajstić information content (AvgIpc) is 3.14. The van der Waals surface area contributed by atoms with Gasteiger partial charge in [-0.2, -0.15) is 0 Å². The van der Waals surface area contributed by atoms with Gasteiger partial charge in [-0.1, -0.05) is 60.0 Å². The Labute approximate surface area is 151 Å². The van der Waals surface area contributed by atoms with E-state index in [-0.39, 0.29) is 18.1 Å². The molecule has 5 nitrogen and oxygen atoms in total. The Balaban J connectivity index is 1.42. The van der Waals surface area contributed by atoms with Crippen molar-refractivity contribution in [1.82, 2.24) is 5.43 Å². The first kappa shape index (κ1) is 16.9.